The Morgan fingerprint density at radius 3 is 2.32 bits per heavy atom. The van der Waals surface area contributed by atoms with Crippen molar-refractivity contribution in [2.45, 2.75) is 16.6 Å². The number of anilines is 2. The van der Waals surface area contributed by atoms with Crippen molar-refractivity contribution >= 4 is 44.8 Å². The van der Waals surface area contributed by atoms with E-state index in [0.717, 1.165) is 4.90 Å². The summed E-state index contributed by atoms with van der Waals surface area (Å²) in [6.45, 7) is 0. The molecule has 0 saturated carbocycles. The van der Waals surface area contributed by atoms with Crippen LogP contribution in [0, 0.1) is 0 Å². The van der Waals surface area contributed by atoms with Gasteiger partial charge in [-0.3, -0.25) is 9.59 Å². The topological polar surface area (TPSA) is 102 Å². The van der Waals surface area contributed by atoms with Crippen molar-refractivity contribution in [3.05, 3.63) is 83.9 Å². The number of sulfone groups is 1. The second kappa shape index (κ2) is 10.3. The van der Waals surface area contributed by atoms with Crippen LogP contribution in [0.1, 0.15) is 27.1 Å². The first-order valence-corrected chi connectivity index (χ1v) is 13.4. The van der Waals surface area contributed by atoms with Gasteiger partial charge in [-0.1, -0.05) is 24.3 Å². The number of thioether (sulfide) groups is 1. The van der Waals surface area contributed by atoms with Crippen molar-refractivity contribution < 1.29 is 22.7 Å². The lowest BCUT2D eigenvalue weighted by atomic mass is 10.1. The first-order valence-electron chi connectivity index (χ1n) is 10.7. The molecule has 0 aromatic heterocycles. The summed E-state index contributed by atoms with van der Waals surface area (Å²) in [6.07, 6.45) is 0.585. The van der Waals surface area contributed by atoms with E-state index >= 15 is 0 Å². The quantitative estimate of drug-likeness (QED) is 0.500. The first kappa shape index (κ1) is 23.8. The summed E-state index contributed by atoms with van der Waals surface area (Å²) in [5, 5.41) is 5.61. The molecule has 0 aliphatic carbocycles. The maximum atomic E-state index is 12.9. The van der Waals surface area contributed by atoms with E-state index in [2.05, 4.69) is 10.6 Å². The van der Waals surface area contributed by atoms with Crippen molar-refractivity contribution in [3.8, 4) is 5.75 Å². The molecule has 0 radical (unpaired) electrons. The molecule has 9 heteroatoms. The third-order valence-electron chi connectivity index (χ3n) is 5.38. The highest BCUT2D eigenvalue weighted by Gasteiger charge is 2.29. The lowest BCUT2D eigenvalue weighted by Gasteiger charge is -2.13. The van der Waals surface area contributed by atoms with Gasteiger partial charge < -0.3 is 15.4 Å². The molecule has 1 fully saturated rings. The third kappa shape index (κ3) is 5.78. The molecule has 1 heterocycles. The van der Waals surface area contributed by atoms with Crippen molar-refractivity contribution in [3.63, 3.8) is 0 Å². The Bertz CT molecular complexity index is 1310. The molecule has 1 unspecified atom stereocenters. The smallest absolute Gasteiger partial charge is 0.256 e. The Morgan fingerprint density at radius 1 is 0.912 bits per heavy atom. The second-order valence-corrected chi connectivity index (χ2v) is 11.4. The lowest BCUT2D eigenvalue weighted by Crippen LogP contribution is -2.15. The molecule has 7 nitrogen and oxygen atoms in total. The van der Waals surface area contributed by atoms with Gasteiger partial charge in [0.15, 0.2) is 9.84 Å². The fraction of sp³-hybridized carbons (Fsp3) is 0.200. The molecule has 3 aromatic carbocycles. The number of rotatable bonds is 7. The van der Waals surface area contributed by atoms with Crippen LogP contribution in [0.3, 0.4) is 0 Å². The van der Waals surface area contributed by atoms with Crippen LogP contribution in [-0.4, -0.2) is 44.1 Å². The van der Waals surface area contributed by atoms with Crippen LogP contribution in [-0.2, 0) is 9.84 Å². The van der Waals surface area contributed by atoms with Gasteiger partial charge in [-0.25, -0.2) is 8.42 Å². The number of methoxy groups -OCH3 is 1. The zero-order valence-electron chi connectivity index (χ0n) is 18.5. The lowest BCUT2D eigenvalue weighted by molar-refractivity contribution is 0.101. The molecule has 3 aromatic rings. The molecule has 1 aliphatic heterocycles. The fourth-order valence-electron chi connectivity index (χ4n) is 3.64. The zero-order chi connectivity index (χ0) is 24.1. The molecule has 1 atom stereocenters. The van der Waals surface area contributed by atoms with Crippen molar-refractivity contribution in [1.82, 2.24) is 0 Å². The first-order chi connectivity index (χ1) is 16.3. The summed E-state index contributed by atoms with van der Waals surface area (Å²) < 4.78 is 28.8. The van der Waals surface area contributed by atoms with E-state index in [1.165, 1.54) is 18.9 Å². The normalized spacial score (nSPS) is 16.6. The summed E-state index contributed by atoms with van der Waals surface area (Å²) in [5.74, 6) is 0.291. The number of nitrogens with one attached hydrogen (secondary N) is 2. The van der Waals surface area contributed by atoms with Gasteiger partial charge in [0, 0.05) is 21.4 Å². The summed E-state index contributed by atoms with van der Waals surface area (Å²) in [5.41, 5.74) is 2.02. The molecular weight excluding hydrogens is 472 g/mol. The fourth-order valence-corrected chi connectivity index (χ4v) is 7.26. The molecule has 0 spiro atoms. The maximum absolute atomic E-state index is 12.9. The summed E-state index contributed by atoms with van der Waals surface area (Å²) in [7, 11) is -1.46. The van der Waals surface area contributed by atoms with Crippen LogP contribution in [0.5, 0.6) is 5.75 Å². The number of benzene rings is 3. The minimum atomic E-state index is -2.99. The van der Waals surface area contributed by atoms with Crippen LogP contribution in [0.25, 0.3) is 0 Å². The number of hydrogen-bond donors (Lipinski definition) is 2. The van der Waals surface area contributed by atoms with Gasteiger partial charge in [-0.05, 0) is 55.0 Å². The number of hydrogen-bond acceptors (Lipinski definition) is 6. The van der Waals surface area contributed by atoms with E-state index < -0.39 is 9.84 Å². The van der Waals surface area contributed by atoms with E-state index in [1.54, 1.807) is 54.6 Å². The van der Waals surface area contributed by atoms with Crippen molar-refractivity contribution in [2.24, 2.45) is 0 Å². The molecule has 1 saturated heterocycles. The largest absolute Gasteiger partial charge is 0.495 e. The molecule has 2 amide bonds. The van der Waals surface area contributed by atoms with Gasteiger partial charge in [0.05, 0.1) is 29.9 Å². The molecule has 2 N–H and O–H groups in total. The second-order valence-electron chi connectivity index (χ2n) is 7.82. The van der Waals surface area contributed by atoms with Gasteiger partial charge >= 0.3 is 0 Å². The molecule has 0 bridgehead atoms. The van der Waals surface area contributed by atoms with E-state index in [9.17, 15) is 18.0 Å². The third-order valence-corrected chi connectivity index (χ3v) is 8.70. The van der Waals surface area contributed by atoms with Gasteiger partial charge in [0.1, 0.15) is 5.75 Å². The van der Waals surface area contributed by atoms with Crippen LogP contribution < -0.4 is 15.4 Å². The van der Waals surface area contributed by atoms with Crippen LogP contribution in [0.2, 0.25) is 0 Å². The molecule has 1 aliphatic rings. The Kier molecular flexibility index (Phi) is 7.23. The predicted molar refractivity (Wildman–Crippen MR) is 135 cm³/mol. The van der Waals surface area contributed by atoms with Crippen LogP contribution in [0.4, 0.5) is 11.4 Å². The standard InChI is InChI=1S/C25H24N2O5S2/c1-32-22-8-4-3-7-21(22)27-24(28)17-10-12-18(13-11-17)26-25(29)20-6-2-5-9-23(20)33-19-14-15-34(30,31)16-19/h2-13,19H,14-16H2,1H3,(H,26,29)(H,27,28). The number of ether oxygens (including phenoxy) is 1. The Hall–Kier alpha value is -3.30. The number of para-hydroxylation sites is 2. The zero-order valence-corrected chi connectivity index (χ0v) is 20.1. The van der Waals surface area contributed by atoms with Gasteiger partial charge in [-0.2, -0.15) is 0 Å². The number of carbonyl (C=O) groups is 2. The van der Waals surface area contributed by atoms with Gasteiger partial charge in [0.2, 0.25) is 0 Å². The maximum Gasteiger partial charge on any atom is 0.256 e. The average molecular weight is 497 g/mol. The Labute approximate surface area is 202 Å². The van der Waals surface area contributed by atoms with Crippen molar-refractivity contribution in [2.75, 3.05) is 29.2 Å². The summed E-state index contributed by atoms with van der Waals surface area (Å²) in [4.78, 5) is 26.3. The Morgan fingerprint density at radius 2 is 1.62 bits per heavy atom. The average Bonchev–Trinajstić information content (AvgIpc) is 3.18. The summed E-state index contributed by atoms with van der Waals surface area (Å²) in [6, 6.07) is 20.9. The summed E-state index contributed by atoms with van der Waals surface area (Å²) >= 11 is 1.43. The minimum absolute atomic E-state index is 0.0556. The highest BCUT2D eigenvalue weighted by molar-refractivity contribution is 8.02. The molecule has 34 heavy (non-hydrogen) atoms. The highest BCUT2D eigenvalue weighted by atomic mass is 32.2. The molecular formula is C25H24N2O5S2. The van der Waals surface area contributed by atoms with Gasteiger partial charge in [-0.15, -0.1) is 11.8 Å². The van der Waals surface area contributed by atoms with Crippen molar-refractivity contribution in [1.29, 1.82) is 0 Å². The van der Waals surface area contributed by atoms with E-state index in [4.69, 9.17) is 4.74 Å². The predicted octanol–water partition coefficient (Wildman–Crippen LogP) is 4.48. The monoisotopic (exact) mass is 496 g/mol. The van der Waals surface area contributed by atoms with Gasteiger partial charge in [0.25, 0.3) is 11.8 Å². The number of carbonyl (C=O) groups excluding carboxylic acids is 2. The van der Waals surface area contributed by atoms with Crippen LogP contribution >= 0.6 is 11.8 Å². The van der Waals surface area contributed by atoms with E-state index in [1.807, 2.05) is 18.2 Å². The molecule has 176 valence electrons. The van der Waals surface area contributed by atoms with Crippen LogP contribution in [0.15, 0.2) is 77.7 Å². The van der Waals surface area contributed by atoms with E-state index in [0.29, 0.717) is 34.7 Å². The van der Waals surface area contributed by atoms with E-state index in [-0.39, 0.29) is 28.6 Å². The number of amides is 2. The molecule has 4 rings (SSSR count). The highest BCUT2D eigenvalue weighted by Crippen LogP contribution is 2.33. The SMILES string of the molecule is COc1ccccc1NC(=O)c1ccc(NC(=O)c2ccccc2SC2CCS(=O)(=O)C2)cc1. The Balaban J connectivity index is 1.42. The minimum Gasteiger partial charge on any atom is -0.495 e.